The maximum absolute atomic E-state index is 5.75. The van der Waals surface area contributed by atoms with Crippen molar-refractivity contribution in [2.24, 2.45) is 0 Å². The highest BCUT2D eigenvalue weighted by Gasteiger charge is 2.09. The minimum Gasteiger partial charge on any atom is -0.368 e. The molecule has 0 aliphatic heterocycles. The summed E-state index contributed by atoms with van der Waals surface area (Å²) in [6.07, 6.45) is 1.99. The number of nitrogens with zero attached hydrogens (tertiary/aromatic N) is 3. The van der Waals surface area contributed by atoms with Gasteiger partial charge in [0.1, 0.15) is 0 Å². The Kier molecular flexibility index (Phi) is 3.26. The van der Waals surface area contributed by atoms with Gasteiger partial charge in [-0.05, 0) is 23.9 Å². The highest BCUT2D eigenvalue weighted by atomic mass is 35.5. The average Bonchev–Trinajstić information content (AvgIpc) is 2.27. The van der Waals surface area contributed by atoms with E-state index in [2.05, 4.69) is 15.0 Å². The third kappa shape index (κ3) is 2.25. The molecule has 2 rings (SSSR count). The number of nitrogen functional groups attached to an aromatic ring is 1. The molecule has 4 nitrogen and oxygen atoms in total. The number of anilines is 1. The quantitative estimate of drug-likeness (QED) is 0.832. The van der Waals surface area contributed by atoms with Gasteiger partial charge in [-0.1, -0.05) is 18.2 Å². The van der Waals surface area contributed by atoms with Crippen LogP contribution in [0.1, 0.15) is 0 Å². The third-order valence-corrected chi connectivity index (χ3v) is 2.94. The van der Waals surface area contributed by atoms with Crippen LogP contribution >= 0.6 is 23.4 Å². The zero-order valence-corrected chi connectivity index (χ0v) is 10.1. The number of thioether (sulfide) groups is 1. The molecule has 0 amide bonds. The molecule has 0 bridgehead atoms. The van der Waals surface area contributed by atoms with E-state index in [1.165, 1.54) is 0 Å². The Labute approximate surface area is 102 Å². The topological polar surface area (TPSA) is 64.7 Å². The van der Waals surface area contributed by atoms with E-state index in [4.69, 9.17) is 17.3 Å². The summed E-state index contributed by atoms with van der Waals surface area (Å²) in [5.74, 6) is 0.633. The van der Waals surface area contributed by atoms with Gasteiger partial charge in [0.15, 0.2) is 5.82 Å². The lowest BCUT2D eigenvalue weighted by Crippen LogP contribution is -2.00. The van der Waals surface area contributed by atoms with Crippen molar-refractivity contribution in [3.8, 4) is 11.4 Å². The molecule has 0 spiro atoms. The van der Waals surface area contributed by atoms with Gasteiger partial charge in [0, 0.05) is 10.5 Å². The van der Waals surface area contributed by atoms with Crippen LogP contribution in [0.5, 0.6) is 0 Å². The second kappa shape index (κ2) is 4.67. The maximum Gasteiger partial charge on any atom is 0.227 e. The lowest BCUT2D eigenvalue weighted by Gasteiger charge is -2.05. The van der Waals surface area contributed by atoms with Crippen LogP contribution in [-0.2, 0) is 0 Å². The Bertz CT molecular complexity index is 498. The first-order valence-corrected chi connectivity index (χ1v) is 6.11. The molecule has 0 atom stereocenters. The smallest absolute Gasteiger partial charge is 0.227 e. The van der Waals surface area contributed by atoms with Crippen LogP contribution in [0.25, 0.3) is 11.4 Å². The lowest BCUT2D eigenvalue weighted by molar-refractivity contribution is 1.06. The molecule has 2 N–H and O–H groups in total. The molecule has 1 aromatic heterocycles. The molecule has 0 radical (unpaired) electrons. The fourth-order valence-corrected chi connectivity index (χ4v) is 2.08. The fourth-order valence-electron chi connectivity index (χ4n) is 1.32. The first kappa shape index (κ1) is 11.2. The van der Waals surface area contributed by atoms with Gasteiger partial charge in [-0.15, -0.1) is 11.8 Å². The Morgan fingerprint density at radius 2 is 1.94 bits per heavy atom. The number of hydrogen-bond donors (Lipinski definition) is 1. The Balaban J connectivity index is 2.58. The van der Waals surface area contributed by atoms with Gasteiger partial charge in [0.05, 0.1) is 0 Å². The molecule has 0 aliphatic rings. The summed E-state index contributed by atoms with van der Waals surface area (Å²) < 4.78 is 0. The number of halogens is 1. The van der Waals surface area contributed by atoms with Crippen LogP contribution in [0.2, 0.25) is 5.28 Å². The van der Waals surface area contributed by atoms with Crippen LogP contribution in [0.15, 0.2) is 29.2 Å². The molecule has 0 saturated heterocycles. The zero-order chi connectivity index (χ0) is 11.5. The standard InChI is InChI=1S/C10H9ClN4S/c1-16-7-5-3-2-4-6(7)8-13-9(11)15-10(12)14-8/h2-5H,1H3,(H2,12,13,14,15). The first-order valence-electron chi connectivity index (χ1n) is 4.51. The summed E-state index contributed by atoms with van der Waals surface area (Å²) in [7, 11) is 0. The predicted molar refractivity (Wildman–Crippen MR) is 66.5 cm³/mol. The second-order valence-electron chi connectivity index (χ2n) is 2.99. The number of benzene rings is 1. The van der Waals surface area contributed by atoms with Crippen molar-refractivity contribution >= 4 is 29.3 Å². The Morgan fingerprint density at radius 1 is 1.19 bits per heavy atom. The third-order valence-electron chi connectivity index (χ3n) is 1.97. The van der Waals surface area contributed by atoms with Crippen molar-refractivity contribution in [2.75, 3.05) is 12.0 Å². The fraction of sp³-hybridized carbons (Fsp3) is 0.100. The highest BCUT2D eigenvalue weighted by Crippen LogP contribution is 2.28. The van der Waals surface area contributed by atoms with Crippen molar-refractivity contribution in [3.63, 3.8) is 0 Å². The van der Waals surface area contributed by atoms with Gasteiger partial charge in [0.2, 0.25) is 11.2 Å². The molecular weight excluding hydrogens is 244 g/mol. The Hall–Kier alpha value is -1.33. The molecule has 82 valence electrons. The van der Waals surface area contributed by atoms with Gasteiger partial charge in [-0.2, -0.15) is 15.0 Å². The number of hydrogen-bond acceptors (Lipinski definition) is 5. The molecule has 0 unspecified atom stereocenters. The minimum atomic E-state index is 0.110. The van der Waals surface area contributed by atoms with Crippen molar-refractivity contribution in [1.29, 1.82) is 0 Å². The van der Waals surface area contributed by atoms with E-state index in [0.29, 0.717) is 5.82 Å². The first-order chi connectivity index (χ1) is 7.70. The maximum atomic E-state index is 5.75. The molecule has 0 saturated carbocycles. The van der Waals surface area contributed by atoms with E-state index in [0.717, 1.165) is 10.5 Å². The van der Waals surface area contributed by atoms with E-state index in [1.54, 1.807) is 11.8 Å². The van der Waals surface area contributed by atoms with Gasteiger partial charge >= 0.3 is 0 Å². The van der Waals surface area contributed by atoms with E-state index in [1.807, 2.05) is 30.5 Å². The molecule has 6 heteroatoms. The number of aromatic nitrogens is 3. The second-order valence-corrected chi connectivity index (χ2v) is 4.17. The van der Waals surface area contributed by atoms with Crippen molar-refractivity contribution < 1.29 is 0 Å². The van der Waals surface area contributed by atoms with Crippen LogP contribution in [0.3, 0.4) is 0 Å². The average molecular weight is 253 g/mol. The highest BCUT2D eigenvalue weighted by molar-refractivity contribution is 7.98. The van der Waals surface area contributed by atoms with E-state index in [-0.39, 0.29) is 11.2 Å². The molecular formula is C10H9ClN4S. The van der Waals surface area contributed by atoms with Gasteiger partial charge in [-0.25, -0.2) is 0 Å². The summed E-state index contributed by atoms with van der Waals surface area (Å²) in [6, 6.07) is 7.80. The van der Waals surface area contributed by atoms with Crippen LogP contribution in [0.4, 0.5) is 5.95 Å². The SMILES string of the molecule is CSc1ccccc1-c1nc(N)nc(Cl)n1. The molecule has 16 heavy (non-hydrogen) atoms. The van der Waals surface area contributed by atoms with Crippen molar-refractivity contribution in [2.45, 2.75) is 4.90 Å². The summed E-state index contributed by atoms with van der Waals surface area (Å²) in [6.45, 7) is 0. The Morgan fingerprint density at radius 3 is 2.62 bits per heavy atom. The van der Waals surface area contributed by atoms with Gasteiger partial charge < -0.3 is 5.73 Å². The van der Waals surface area contributed by atoms with Crippen LogP contribution < -0.4 is 5.73 Å². The summed E-state index contributed by atoms with van der Waals surface area (Å²) in [5, 5.41) is 0.110. The number of nitrogens with two attached hydrogens (primary N) is 1. The van der Waals surface area contributed by atoms with E-state index in [9.17, 15) is 0 Å². The van der Waals surface area contributed by atoms with Gasteiger partial charge in [-0.3, -0.25) is 0 Å². The summed E-state index contributed by atoms with van der Waals surface area (Å²) in [5.41, 5.74) is 6.44. The number of rotatable bonds is 2. The molecule has 1 heterocycles. The molecule has 0 fully saturated rings. The van der Waals surface area contributed by atoms with Crippen LogP contribution in [-0.4, -0.2) is 21.2 Å². The zero-order valence-electron chi connectivity index (χ0n) is 8.51. The molecule has 0 aliphatic carbocycles. The largest absolute Gasteiger partial charge is 0.368 e. The normalized spacial score (nSPS) is 10.4. The molecule has 2 aromatic rings. The summed E-state index contributed by atoms with van der Waals surface area (Å²) in [4.78, 5) is 12.9. The van der Waals surface area contributed by atoms with Crippen LogP contribution in [0, 0.1) is 0 Å². The molecule has 1 aromatic carbocycles. The predicted octanol–water partition coefficient (Wildman–Crippen LogP) is 2.50. The van der Waals surface area contributed by atoms with Crippen molar-refractivity contribution in [3.05, 3.63) is 29.5 Å². The lowest BCUT2D eigenvalue weighted by atomic mass is 10.2. The van der Waals surface area contributed by atoms with Crippen molar-refractivity contribution in [1.82, 2.24) is 15.0 Å². The summed E-state index contributed by atoms with van der Waals surface area (Å²) >= 11 is 7.36. The monoisotopic (exact) mass is 252 g/mol. The van der Waals surface area contributed by atoms with E-state index >= 15 is 0 Å². The minimum absolute atomic E-state index is 0.110. The van der Waals surface area contributed by atoms with Gasteiger partial charge in [0.25, 0.3) is 0 Å². The van der Waals surface area contributed by atoms with E-state index < -0.39 is 0 Å².